The number of sulfonamides is 1. The number of esters is 1. The molecule has 1 aliphatic rings. The second kappa shape index (κ2) is 11.6. The topological polar surface area (TPSA) is 82.1 Å². The van der Waals surface area contributed by atoms with Crippen LogP contribution in [0.2, 0.25) is 0 Å². The van der Waals surface area contributed by atoms with Gasteiger partial charge in [-0.15, -0.1) is 0 Å². The van der Waals surface area contributed by atoms with Gasteiger partial charge in [-0.3, -0.25) is 4.79 Å². The fourth-order valence-corrected chi connectivity index (χ4v) is 6.59. The molecule has 0 fully saturated rings. The summed E-state index contributed by atoms with van der Waals surface area (Å²) in [5.41, 5.74) is 4.65. The Morgan fingerprint density at radius 2 is 1.87 bits per heavy atom. The molecule has 3 aromatic rings. The fraction of sp³-hybridized carbons (Fsp3) is 0.367. The minimum Gasteiger partial charge on any atom is -0.496 e. The van der Waals surface area contributed by atoms with Crippen LogP contribution < -0.4 is 9.47 Å². The van der Waals surface area contributed by atoms with E-state index in [1.54, 1.807) is 38.3 Å². The van der Waals surface area contributed by atoms with E-state index in [-0.39, 0.29) is 42.4 Å². The first-order chi connectivity index (χ1) is 18.1. The Hall–Kier alpha value is -3.36. The van der Waals surface area contributed by atoms with E-state index in [0.717, 1.165) is 33.6 Å². The molecule has 202 valence electrons. The van der Waals surface area contributed by atoms with Crippen LogP contribution in [0.1, 0.15) is 54.0 Å². The first-order valence-electron chi connectivity index (χ1n) is 12.8. The number of rotatable bonds is 8. The molecule has 0 saturated carbocycles. The lowest BCUT2D eigenvalue weighted by Gasteiger charge is -2.25. The van der Waals surface area contributed by atoms with Gasteiger partial charge in [0.25, 0.3) is 0 Å². The zero-order valence-corrected chi connectivity index (χ0v) is 23.4. The maximum Gasteiger partial charge on any atom is 0.306 e. The van der Waals surface area contributed by atoms with Gasteiger partial charge in [-0.25, -0.2) is 8.42 Å². The number of benzene rings is 3. The number of nitrogens with zero attached hydrogens (tertiary/aromatic N) is 1. The van der Waals surface area contributed by atoms with Crippen LogP contribution in [0.3, 0.4) is 0 Å². The van der Waals surface area contributed by atoms with Gasteiger partial charge in [0.15, 0.2) is 0 Å². The van der Waals surface area contributed by atoms with Gasteiger partial charge in [0, 0.05) is 12.5 Å². The molecular weight excluding hydrogens is 502 g/mol. The Morgan fingerprint density at radius 1 is 1.11 bits per heavy atom. The Labute approximate surface area is 225 Å². The molecule has 0 radical (unpaired) electrons. The first-order valence-corrected chi connectivity index (χ1v) is 14.2. The summed E-state index contributed by atoms with van der Waals surface area (Å²) in [7, 11) is -2.15. The van der Waals surface area contributed by atoms with Gasteiger partial charge in [0.2, 0.25) is 10.0 Å². The van der Waals surface area contributed by atoms with E-state index >= 15 is 0 Å². The molecular formula is C30H35NO6S. The molecule has 4 rings (SSSR count). The molecule has 3 aromatic carbocycles. The number of hydrogen-bond donors (Lipinski definition) is 0. The van der Waals surface area contributed by atoms with Gasteiger partial charge in [-0.1, -0.05) is 42.5 Å². The molecule has 0 amide bonds. The number of para-hydroxylation sites is 1. The monoisotopic (exact) mass is 537 g/mol. The number of hydrogen-bond acceptors (Lipinski definition) is 6. The van der Waals surface area contributed by atoms with Crippen LogP contribution in [0.5, 0.6) is 11.5 Å². The third-order valence-electron chi connectivity index (χ3n) is 6.98. The van der Waals surface area contributed by atoms with E-state index in [1.807, 2.05) is 57.2 Å². The van der Waals surface area contributed by atoms with Gasteiger partial charge in [0.1, 0.15) is 22.5 Å². The Bertz CT molecular complexity index is 1420. The normalized spacial score (nSPS) is 17.6. The lowest BCUT2D eigenvalue weighted by Crippen LogP contribution is -2.35. The second-order valence-corrected chi connectivity index (χ2v) is 11.5. The quantitative estimate of drug-likeness (QED) is 0.360. The zero-order valence-electron chi connectivity index (χ0n) is 22.6. The molecule has 2 unspecified atom stereocenters. The van der Waals surface area contributed by atoms with Crippen molar-refractivity contribution in [2.24, 2.45) is 0 Å². The lowest BCUT2D eigenvalue weighted by molar-refractivity contribution is -0.143. The molecule has 0 spiro atoms. The summed E-state index contributed by atoms with van der Waals surface area (Å²) >= 11 is 0. The van der Waals surface area contributed by atoms with E-state index in [1.165, 1.54) is 4.31 Å². The minimum absolute atomic E-state index is 0.157. The number of ether oxygens (including phenoxy) is 3. The van der Waals surface area contributed by atoms with Crippen molar-refractivity contribution in [1.82, 2.24) is 4.31 Å². The summed E-state index contributed by atoms with van der Waals surface area (Å²) in [5.74, 6) is 0.537. The zero-order chi connectivity index (χ0) is 27.4. The summed E-state index contributed by atoms with van der Waals surface area (Å²) in [6.45, 7) is 8.32. The molecule has 38 heavy (non-hydrogen) atoms. The third kappa shape index (κ3) is 5.71. The van der Waals surface area contributed by atoms with Gasteiger partial charge in [-0.2, -0.15) is 4.31 Å². The van der Waals surface area contributed by atoms with Crippen LogP contribution in [-0.4, -0.2) is 45.1 Å². The average Bonchev–Trinajstić information content (AvgIpc) is 2.97. The summed E-state index contributed by atoms with van der Waals surface area (Å²) in [6, 6.07) is 18.5. The van der Waals surface area contributed by atoms with Crippen molar-refractivity contribution in [3.63, 3.8) is 0 Å². The summed E-state index contributed by atoms with van der Waals surface area (Å²) in [6.07, 6.45) is -0.155. The van der Waals surface area contributed by atoms with Gasteiger partial charge >= 0.3 is 5.97 Å². The van der Waals surface area contributed by atoms with Crippen molar-refractivity contribution in [2.45, 2.75) is 57.6 Å². The molecule has 0 aliphatic carbocycles. The molecule has 7 nitrogen and oxygen atoms in total. The Kier molecular flexibility index (Phi) is 8.43. The van der Waals surface area contributed by atoms with E-state index < -0.39 is 10.0 Å². The predicted molar refractivity (Wildman–Crippen MR) is 146 cm³/mol. The molecule has 1 aliphatic heterocycles. The lowest BCUT2D eigenvalue weighted by atomic mass is 9.84. The summed E-state index contributed by atoms with van der Waals surface area (Å²) in [5, 5.41) is 0. The third-order valence-corrected chi connectivity index (χ3v) is 8.83. The van der Waals surface area contributed by atoms with Gasteiger partial charge in [-0.05, 0) is 73.7 Å². The Balaban J connectivity index is 1.75. The van der Waals surface area contributed by atoms with Crippen LogP contribution in [0.4, 0.5) is 0 Å². The summed E-state index contributed by atoms with van der Waals surface area (Å²) < 4.78 is 45.5. The van der Waals surface area contributed by atoms with Gasteiger partial charge < -0.3 is 14.2 Å². The first kappa shape index (κ1) is 27.7. The molecule has 0 saturated heterocycles. The molecule has 0 aromatic heterocycles. The largest absolute Gasteiger partial charge is 0.496 e. The van der Waals surface area contributed by atoms with Crippen molar-refractivity contribution in [1.29, 1.82) is 0 Å². The maximum atomic E-state index is 13.6. The minimum atomic E-state index is -3.78. The van der Waals surface area contributed by atoms with Crippen LogP contribution in [-0.2, 0) is 26.1 Å². The van der Waals surface area contributed by atoms with Crippen LogP contribution >= 0.6 is 0 Å². The van der Waals surface area contributed by atoms with Crippen LogP contribution in [0, 0.1) is 13.8 Å². The van der Waals surface area contributed by atoms with E-state index in [9.17, 15) is 13.2 Å². The second-order valence-electron chi connectivity index (χ2n) is 9.59. The Morgan fingerprint density at radius 3 is 2.61 bits per heavy atom. The van der Waals surface area contributed by atoms with E-state index in [0.29, 0.717) is 12.4 Å². The summed E-state index contributed by atoms with van der Waals surface area (Å²) in [4.78, 5) is 12.8. The highest BCUT2D eigenvalue weighted by atomic mass is 32.2. The van der Waals surface area contributed by atoms with E-state index in [4.69, 9.17) is 14.2 Å². The average molecular weight is 538 g/mol. The van der Waals surface area contributed by atoms with Crippen molar-refractivity contribution in [2.75, 3.05) is 20.3 Å². The van der Waals surface area contributed by atoms with Crippen molar-refractivity contribution in [3.8, 4) is 11.5 Å². The number of fused-ring (bicyclic) bond motifs is 1. The van der Waals surface area contributed by atoms with Crippen molar-refractivity contribution < 1.29 is 27.4 Å². The standard InChI is InChI=1S/C30H35NO6S/c1-6-36-30(32)17-26(25-10-9-12-27(35-5)22(25)4)23-15-14-20(2)24(16-23)19-31-18-21(3)37-28-11-7-8-13-29(28)38(31,33)34/h7-16,21,26H,6,17-19H2,1-5H3. The highest BCUT2D eigenvalue weighted by molar-refractivity contribution is 7.89. The number of methoxy groups -OCH3 is 1. The molecule has 0 bridgehead atoms. The van der Waals surface area contributed by atoms with Crippen LogP contribution in [0.15, 0.2) is 65.6 Å². The number of aryl methyl sites for hydroxylation is 1. The molecule has 1 heterocycles. The molecule has 0 N–H and O–H groups in total. The van der Waals surface area contributed by atoms with E-state index in [2.05, 4.69) is 0 Å². The predicted octanol–water partition coefficient (Wildman–Crippen LogP) is 5.37. The highest BCUT2D eigenvalue weighted by Gasteiger charge is 2.33. The fourth-order valence-electron chi connectivity index (χ4n) is 4.98. The smallest absolute Gasteiger partial charge is 0.306 e. The van der Waals surface area contributed by atoms with Crippen LogP contribution in [0.25, 0.3) is 0 Å². The highest BCUT2D eigenvalue weighted by Crippen LogP contribution is 2.36. The van der Waals surface area contributed by atoms with Gasteiger partial charge in [0.05, 0.1) is 26.7 Å². The number of carbonyl (C=O) groups is 1. The SMILES string of the molecule is CCOC(=O)CC(c1ccc(C)c(CN2CC(C)Oc3ccccc3S2(=O)=O)c1)c1cccc(OC)c1C. The maximum absolute atomic E-state index is 13.6. The van der Waals surface area contributed by atoms with Crippen molar-refractivity contribution in [3.05, 3.63) is 88.5 Å². The molecule has 2 atom stereocenters. The number of carbonyl (C=O) groups excluding carboxylic acids is 1. The van der Waals surface area contributed by atoms with Crippen molar-refractivity contribution >= 4 is 16.0 Å². The molecule has 8 heteroatoms.